The van der Waals surface area contributed by atoms with E-state index in [-0.39, 0.29) is 21.4 Å². The first-order valence-electron chi connectivity index (χ1n) is 11.2. The molecular formula is C26H28ClN3O4S. The van der Waals surface area contributed by atoms with Gasteiger partial charge in [0.25, 0.3) is 21.8 Å². The van der Waals surface area contributed by atoms with Crippen LogP contribution in [0.1, 0.15) is 45.7 Å². The quantitative estimate of drug-likeness (QED) is 0.416. The highest BCUT2D eigenvalue weighted by molar-refractivity contribution is 7.92. The minimum Gasteiger partial charge on any atom is -0.339 e. The number of hydrogen-bond acceptors (Lipinski definition) is 4. The van der Waals surface area contributed by atoms with Gasteiger partial charge in [0.05, 0.1) is 22.0 Å². The molecule has 35 heavy (non-hydrogen) atoms. The van der Waals surface area contributed by atoms with Gasteiger partial charge in [-0.15, -0.1) is 0 Å². The Morgan fingerprint density at radius 1 is 0.914 bits per heavy atom. The van der Waals surface area contributed by atoms with Gasteiger partial charge in [-0.3, -0.25) is 14.3 Å². The molecule has 0 aliphatic heterocycles. The van der Waals surface area contributed by atoms with Gasteiger partial charge in [-0.25, -0.2) is 8.42 Å². The number of nitrogens with one attached hydrogen (secondary N) is 2. The molecular weight excluding hydrogens is 486 g/mol. The van der Waals surface area contributed by atoms with E-state index in [1.54, 1.807) is 41.3 Å². The highest BCUT2D eigenvalue weighted by atomic mass is 35.5. The van der Waals surface area contributed by atoms with Gasteiger partial charge in [0.1, 0.15) is 4.90 Å². The maximum atomic E-state index is 13.1. The van der Waals surface area contributed by atoms with Gasteiger partial charge in [0, 0.05) is 18.7 Å². The second kappa shape index (κ2) is 10.9. The molecule has 2 amide bonds. The molecule has 0 fully saturated rings. The molecule has 0 radical (unpaired) electrons. The predicted octanol–water partition coefficient (Wildman–Crippen LogP) is 5.49. The zero-order chi connectivity index (χ0) is 25.8. The smallest absolute Gasteiger partial charge is 0.263 e. The van der Waals surface area contributed by atoms with E-state index in [2.05, 4.69) is 10.0 Å². The third-order valence-electron chi connectivity index (χ3n) is 5.79. The first-order valence-corrected chi connectivity index (χ1v) is 13.0. The molecule has 7 nitrogen and oxygen atoms in total. The molecule has 184 valence electrons. The van der Waals surface area contributed by atoms with E-state index in [4.69, 9.17) is 11.6 Å². The van der Waals surface area contributed by atoms with Gasteiger partial charge < -0.3 is 10.2 Å². The molecule has 0 aliphatic carbocycles. The summed E-state index contributed by atoms with van der Waals surface area (Å²) < 4.78 is 28.8. The molecule has 0 spiro atoms. The number of rotatable bonds is 8. The van der Waals surface area contributed by atoms with E-state index >= 15 is 0 Å². The van der Waals surface area contributed by atoms with Crippen LogP contribution in [-0.2, 0) is 10.0 Å². The van der Waals surface area contributed by atoms with Crippen molar-refractivity contribution in [3.05, 3.63) is 87.9 Å². The summed E-state index contributed by atoms with van der Waals surface area (Å²) in [5.74, 6) is -0.771. The number of aryl methyl sites for hydroxylation is 1. The Bertz CT molecular complexity index is 1370. The molecule has 9 heteroatoms. The van der Waals surface area contributed by atoms with E-state index < -0.39 is 15.9 Å². The van der Waals surface area contributed by atoms with Crippen LogP contribution in [0.4, 0.5) is 11.4 Å². The Kier molecular flexibility index (Phi) is 8.19. The number of benzene rings is 3. The van der Waals surface area contributed by atoms with Crippen LogP contribution in [-0.4, -0.2) is 38.2 Å². The number of sulfonamides is 1. The molecule has 2 N–H and O–H groups in total. The summed E-state index contributed by atoms with van der Waals surface area (Å²) in [5.41, 5.74) is 2.92. The summed E-state index contributed by atoms with van der Waals surface area (Å²) in [6.45, 7) is 8.52. The van der Waals surface area contributed by atoms with Gasteiger partial charge in [-0.1, -0.05) is 35.9 Å². The number of amides is 2. The van der Waals surface area contributed by atoms with Crippen LogP contribution in [0.15, 0.2) is 65.6 Å². The largest absolute Gasteiger partial charge is 0.339 e. The lowest BCUT2D eigenvalue weighted by atomic mass is 10.1. The first kappa shape index (κ1) is 26.2. The third kappa shape index (κ3) is 5.83. The Hall–Kier alpha value is -3.36. The van der Waals surface area contributed by atoms with Crippen LogP contribution < -0.4 is 10.0 Å². The van der Waals surface area contributed by atoms with Crippen molar-refractivity contribution >= 4 is 44.8 Å². The van der Waals surface area contributed by atoms with Crippen LogP contribution in [0, 0.1) is 13.8 Å². The molecule has 3 aromatic carbocycles. The Balaban J connectivity index is 1.91. The number of carbonyl (C=O) groups is 2. The molecule has 3 rings (SSSR count). The van der Waals surface area contributed by atoms with Crippen molar-refractivity contribution < 1.29 is 18.0 Å². The molecule has 0 bridgehead atoms. The normalized spacial score (nSPS) is 11.1. The van der Waals surface area contributed by atoms with Crippen LogP contribution in [0.3, 0.4) is 0 Å². The fourth-order valence-electron chi connectivity index (χ4n) is 3.57. The monoisotopic (exact) mass is 513 g/mol. The van der Waals surface area contributed by atoms with Crippen molar-refractivity contribution in [3.8, 4) is 0 Å². The van der Waals surface area contributed by atoms with Crippen molar-refractivity contribution in [2.75, 3.05) is 23.1 Å². The zero-order valence-corrected chi connectivity index (χ0v) is 21.6. The molecule has 0 unspecified atom stereocenters. The molecule has 0 aromatic heterocycles. The van der Waals surface area contributed by atoms with Gasteiger partial charge >= 0.3 is 0 Å². The van der Waals surface area contributed by atoms with Crippen molar-refractivity contribution in [3.63, 3.8) is 0 Å². The van der Waals surface area contributed by atoms with E-state index in [0.717, 1.165) is 11.1 Å². The lowest BCUT2D eigenvalue weighted by Gasteiger charge is -2.20. The number of halogens is 1. The molecule has 3 aromatic rings. The van der Waals surface area contributed by atoms with Gasteiger partial charge in [0.2, 0.25) is 0 Å². The van der Waals surface area contributed by atoms with Gasteiger partial charge in [-0.05, 0) is 75.2 Å². The summed E-state index contributed by atoms with van der Waals surface area (Å²) in [7, 11) is -4.07. The highest BCUT2D eigenvalue weighted by Gasteiger charge is 2.23. The summed E-state index contributed by atoms with van der Waals surface area (Å²) in [6, 6.07) is 16.0. The fraction of sp³-hybridized carbons (Fsp3) is 0.231. The van der Waals surface area contributed by atoms with Gasteiger partial charge in [-0.2, -0.15) is 0 Å². The standard InChI is InChI=1S/C26H28ClN3O4S/c1-5-30(6-2)26(32)20-11-7-8-12-23(20)28-25(31)19-14-15-21(27)24(16-19)35(33,34)29-22-13-9-10-17(3)18(22)4/h7-16,29H,5-6H2,1-4H3,(H,28,31). The molecule has 0 saturated heterocycles. The molecule has 0 aliphatic rings. The maximum absolute atomic E-state index is 13.1. The van der Waals surface area contributed by atoms with Crippen LogP contribution in [0.25, 0.3) is 0 Å². The molecule has 0 saturated carbocycles. The van der Waals surface area contributed by atoms with Crippen molar-refractivity contribution in [1.29, 1.82) is 0 Å². The van der Waals surface area contributed by atoms with Gasteiger partial charge in [0.15, 0.2) is 0 Å². The van der Waals surface area contributed by atoms with Crippen molar-refractivity contribution in [1.82, 2.24) is 4.90 Å². The number of anilines is 2. The Morgan fingerprint density at radius 3 is 2.26 bits per heavy atom. The summed E-state index contributed by atoms with van der Waals surface area (Å²) in [6.07, 6.45) is 0. The summed E-state index contributed by atoms with van der Waals surface area (Å²) in [5, 5.41) is 2.71. The number of nitrogens with zero attached hydrogens (tertiary/aromatic N) is 1. The maximum Gasteiger partial charge on any atom is 0.263 e. The van der Waals surface area contributed by atoms with E-state index in [0.29, 0.717) is 30.0 Å². The van der Waals surface area contributed by atoms with E-state index in [1.807, 2.05) is 33.8 Å². The SMILES string of the molecule is CCN(CC)C(=O)c1ccccc1NC(=O)c1ccc(Cl)c(S(=O)(=O)Nc2cccc(C)c2C)c1. The van der Waals surface area contributed by atoms with Crippen LogP contribution >= 0.6 is 11.6 Å². The van der Waals surface area contributed by atoms with Crippen LogP contribution in [0.2, 0.25) is 5.02 Å². The minimum atomic E-state index is -4.07. The average molecular weight is 514 g/mol. The molecule has 0 heterocycles. The number of hydrogen-bond donors (Lipinski definition) is 2. The van der Waals surface area contributed by atoms with Crippen LogP contribution in [0.5, 0.6) is 0 Å². The topological polar surface area (TPSA) is 95.6 Å². The average Bonchev–Trinajstić information content (AvgIpc) is 2.83. The number of carbonyl (C=O) groups excluding carboxylic acids is 2. The molecule has 0 atom stereocenters. The fourth-order valence-corrected chi connectivity index (χ4v) is 5.22. The lowest BCUT2D eigenvalue weighted by molar-refractivity contribution is 0.0774. The Labute approximate surface area is 211 Å². The zero-order valence-electron chi connectivity index (χ0n) is 20.1. The minimum absolute atomic E-state index is 0.0172. The first-order chi connectivity index (χ1) is 16.6. The van der Waals surface area contributed by atoms with Crippen molar-refractivity contribution in [2.45, 2.75) is 32.6 Å². The second-order valence-corrected chi connectivity index (χ2v) is 10.0. The lowest BCUT2D eigenvalue weighted by Crippen LogP contribution is -2.31. The third-order valence-corrected chi connectivity index (χ3v) is 7.64. The van der Waals surface area contributed by atoms with E-state index in [9.17, 15) is 18.0 Å². The highest BCUT2D eigenvalue weighted by Crippen LogP contribution is 2.28. The van der Waals surface area contributed by atoms with E-state index in [1.165, 1.54) is 18.2 Å². The predicted molar refractivity (Wildman–Crippen MR) is 140 cm³/mol. The number of para-hydroxylation sites is 1. The summed E-state index contributed by atoms with van der Waals surface area (Å²) >= 11 is 6.22. The van der Waals surface area contributed by atoms with Crippen molar-refractivity contribution in [2.24, 2.45) is 0 Å². The summed E-state index contributed by atoms with van der Waals surface area (Å²) in [4.78, 5) is 27.3. The Morgan fingerprint density at radius 2 is 1.57 bits per heavy atom. The second-order valence-electron chi connectivity index (χ2n) is 7.98.